The topological polar surface area (TPSA) is 151 Å². The fourth-order valence-corrected chi connectivity index (χ4v) is 4.69. The third-order valence-electron chi connectivity index (χ3n) is 6.42. The van der Waals surface area contributed by atoms with Crippen molar-refractivity contribution in [3.8, 4) is 11.5 Å². The number of amides is 1. The van der Waals surface area contributed by atoms with Crippen molar-refractivity contribution < 1.29 is 27.5 Å². The van der Waals surface area contributed by atoms with Crippen LogP contribution in [0.15, 0.2) is 6.20 Å². The van der Waals surface area contributed by atoms with Gasteiger partial charge in [0.15, 0.2) is 16.9 Å². The molecule has 14 heteroatoms. The Kier molecular flexibility index (Phi) is 5.56. The highest BCUT2D eigenvalue weighted by molar-refractivity contribution is 6.20. The van der Waals surface area contributed by atoms with Gasteiger partial charge in [-0.05, 0) is 32.1 Å². The van der Waals surface area contributed by atoms with Crippen LogP contribution in [0.5, 0.6) is 0 Å². The van der Waals surface area contributed by atoms with Crippen LogP contribution in [0.4, 0.5) is 24.8 Å². The average molecular weight is 504 g/mol. The SMILES string of the molecule is CCOC(=O)C1(C2CC2)C(=O)Nc2nc(-c3nc(CCCC(F)(F)F)nc4c3cnn4C)nc(N)c21. The van der Waals surface area contributed by atoms with Gasteiger partial charge < -0.3 is 15.8 Å². The molecule has 1 fully saturated rings. The Morgan fingerprint density at radius 3 is 2.69 bits per heavy atom. The van der Waals surface area contributed by atoms with E-state index in [0.717, 1.165) is 0 Å². The van der Waals surface area contributed by atoms with E-state index in [0.29, 0.717) is 23.9 Å². The predicted octanol–water partition coefficient (Wildman–Crippen LogP) is 2.45. The van der Waals surface area contributed by atoms with E-state index in [1.807, 2.05) is 0 Å². The lowest BCUT2D eigenvalue weighted by atomic mass is 9.77. The molecular formula is C22H23F3N8O3. The molecule has 1 atom stereocenters. The number of carbonyl (C=O) groups is 2. The van der Waals surface area contributed by atoms with Gasteiger partial charge in [0.1, 0.15) is 23.2 Å². The molecule has 0 bridgehead atoms. The smallest absolute Gasteiger partial charge is 0.389 e. The molecule has 1 saturated carbocycles. The normalized spacial score (nSPS) is 19.4. The third kappa shape index (κ3) is 3.80. The largest absolute Gasteiger partial charge is 0.465 e. The summed E-state index contributed by atoms with van der Waals surface area (Å²) in [6.07, 6.45) is -2.70. The van der Waals surface area contributed by atoms with E-state index in [1.165, 1.54) is 10.9 Å². The fraction of sp³-hybridized carbons (Fsp3) is 0.500. The summed E-state index contributed by atoms with van der Waals surface area (Å²) < 4.78 is 44.6. The maximum atomic E-state index is 13.2. The summed E-state index contributed by atoms with van der Waals surface area (Å²) in [5.74, 6) is -1.36. The lowest BCUT2D eigenvalue weighted by Crippen LogP contribution is -2.46. The molecule has 1 unspecified atom stereocenters. The zero-order valence-electron chi connectivity index (χ0n) is 19.5. The number of anilines is 2. The second-order valence-corrected chi connectivity index (χ2v) is 8.88. The highest BCUT2D eigenvalue weighted by atomic mass is 19.4. The molecule has 1 amide bonds. The van der Waals surface area contributed by atoms with Crippen LogP contribution in [0.1, 0.15) is 44.0 Å². The van der Waals surface area contributed by atoms with Crippen LogP contribution in [-0.4, -0.2) is 54.4 Å². The Morgan fingerprint density at radius 2 is 2.03 bits per heavy atom. The van der Waals surface area contributed by atoms with E-state index in [-0.39, 0.29) is 59.9 Å². The summed E-state index contributed by atoms with van der Waals surface area (Å²) in [7, 11) is 1.64. The molecule has 1 aliphatic heterocycles. The van der Waals surface area contributed by atoms with Gasteiger partial charge in [0.05, 0.1) is 23.8 Å². The maximum absolute atomic E-state index is 13.2. The molecule has 4 heterocycles. The van der Waals surface area contributed by atoms with Crippen LogP contribution < -0.4 is 11.1 Å². The quantitative estimate of drug-likeness (QED) is 0.365. The number of esters is 1. The van der Waals surface area contributed by atoms with Crippen molar-refractivity contribution in [2.75, 3.05) is 17.7 Å². The first kappa shape index (κ1) is 23.9. The average Bonchev–Trinajstić information content (AvgIpc) is 3.51. The van der Waals surface area contributed by atoms with Crippen molar-refractivity contribution in [3.63, 3.8) is 0 Å². The number of hydrogen-bond donors (Lipinski definition) is 2. The van der Waals surface area contributed by atoms with Crippen LogP contribution in [-0.2, 0) is 33.2 Å². The number of carbonyl (C=O) groups excluding carboxylic acids is 2. The molecule has 11 nitrogen and oxygen atoms in total. The highest BCUT2D eigenvalue weighted by Crippen LogP contribution is 2.55. The van der Waals surface area contributed by atoms with E-state index in [2.05, 4.69) is 30.4 Å². The molecular weight excluding hydrogens is 481 g/mol. The van der Waals surface area contributed by atoms with E-state index >= 15 is 0 Å². The van der Waals surface area contributed by atoms with Gasteiger partial charge in [-0.3, -0.25) is 14.3 Å². The van der Waals surface area contributed by atoms with Gasteiger partial charge in [-0.1, -0.05) is 0 Å². The van der Waals surface area contributed by atoms with Crippen LogP contribution in [0.25, 0.3) is 22.6 Å². The Labute approximate surface area is 202 Å². The molecule has 3 N–H and O–H groups in total. The number of nitrogens with two attached hydrogens (primary N) is 1. The van der Waals surface area contributed by atoms with Crippen LogP contribution in [0.3, 0.4) is 0 Å². The number of aryl methyl sites for hydroxylation is 2. The molecule has 36 heavy (non-hydrogen) atoms. The van der Waals surface area contributed by atoms with Crippen molar-refractivity contribution in [1.29, 1.82) is 0 Å². The minimum atomic E-state index is -4.29. The second kappa shape index (κ2) is 8.38. The van der Waals surface area contributed by atoms with Crippen LogP contribution >= 0.6 is 0 Å². The number of nitrogens with zero attached hydrogens (tertiary/aromatic N) is 6. The second-order valence-electron chi connectivity index (χ2n) is 8.88. The van der Waals surface area contributed by atoms with Crippen LogP contribution in [0.2, 0.25) is 0 Å². The molecule has 3 aromatic rings. The molecule has 0 spiro atoms. The number of fused-ring (bicyclic) bond motifs is 2. The zero-order valence-corrected chi connectivity index (χ0v) is 19.5. The number of halogens is 3. The van der Waals surface area contributed by atoms with Gasteiger partial charge >= 0.3 is 12.1 Å². The number of rotatable bonds is 7. The van der Waals surface area contributed by atoms with Crippen molar-refractivity contribution in [2.24, 2.45) is 13.0 Å². The number of alkyl halides is 3. The Hall–Kier alpha value is -3.84. The summed E-state index contributed by atoms with van der Waals surface area (Å²) >= 11 is 0. The summed E-state index contributed by atoms with van der Waals surface area (Å²) in [4.78, 5) is 43.8. The van der Waals surface area contributed by atoms with Gasteiger partial charge in [0, 0.05) is 19.9 Å². The number of nitrogens with one attached hydrogen (secondary N) is 1. The van der Waals surface area contributed by atoms with Gasteiger partial charge in [0.25, 0.3) is 0 Å². The van der Waals surface area contributed by atoms with E-state index in [9.17, 15) is 22.8 Å². The monoisotopic (exact) mass is 504 g/mol. The summed E-state index contributed by atoms with van der Waals surface area (Å²) in [5.41, 5.74) is 5.47. The molecule has 1 aliphatic carbocycles. The standard InChI is InChI=1S/C22H23F3N8O3/c1-3-36-20(35)22(10-6-7-10)13-15(26)30-17(31-16(13)32-19(22)34)14-11-9-27-33(2)18(11)29-12(28-14)5-4-8-21(23,24)25/h9-10H,3-8H2,1-2H3,(H3,26,30,31,32,34). The van der Waals surface area contributed by atoms with E-state index in [4.69, 9.17) is 10.5 Å². The molecule has 0 saturated heterocycles. The lowest BCUT2D eigenvalue weighted by molar-refractivity contribution is -0.154. The number of aromatic nitrogens is 6. The first-order chi connectivity index (χ1) is 17.1. The molecule has 2 aliphatic rings. The van der Waals surface area contributed by atoms with Crippen molar-refractivity contribution in [1.82, 2.24) is 29.7 Å². The predicted molar refractivity (Wildman–Crippen MR) is 120 cm³/mol. The van der Waals surface area contributed by atoms with Gasteiger partial charge in [-0.15, -0.1) is 0 Å². The molecule has 3 aromatic heterocycles. The molecule has 5 rings (SSSR count). The van der Waals surface area contributed by atoms with E-state index in [1.54, 1.807) is 14.0 Å². The molecule has 190 valence electrons. The van der Waals surface area contributed by atoms with Crippen LogP contribution in [0, 0.1) is 5.92 Å². The van der Waals surface area contributed by atoms with Gasteiger partial charge in [-0.2, -0.15) is 18.3 Å². The number of hydrogen-bond acceptors (Lipinski definition) is 9. The van der Waals surface area contributed by atoms with Crippen molar-refractivity contribution in [3.05, 3.63) is 17.6 Å². The number of nitrogen functional groups attached to an aromatic ring is 1. The fourth-order valence-electron chi connectivity index (χ4n) is 4.69. The van der Waals surface area contributed by atoms with Gasteiger partial charge in [-0.25, -0.2) is 19.9 Å². The minimum Gasteiger partial charge on any atom is -0.465 e. The summed E-state index contributed by atoms with van der Waals surface area (Å²) in [5, 5.41) is 7.28. The summed E-state index contributed by atoms with van der Waals surface area (Å²) in [6.45, 7) is 1.74. The van der Waals surface area contributed by atoms with Crippen molar-refractivity contribution >= 4 is 34.5 Å². The molecule has 0 aromatic carbocycles. The first-order valence-corrected chi connectivity index (χ1v) is 11.5. The Bertz CT molecular complexity index is 1390. The summed E-state index contributed by atoms with van der Waals surface area (Å²) in [6, 6.07) is 0. The van der Waals surface area contributed by atoms with Gasteiger partial charge in [0.2, 0.25) is 5.91 Å². The third-order valence-corrected chi connectivity index (χ3v) is 6.42. The lowest BCUT2D eigenvalue weighted by Gasteiger charge is -2.25. The number of ether oxygens (including phenoxy) is 1. The molecule has 0 radical (unpaired) electrons. The Morgan fingerprint density at radius 1 is 1.28 bits per heavy atom. The minimum absolute atomic E-state index is 0.0273. The zero-order chi connectivity index (χ0) is 25.8. The maximum Gasteiger partial charge on any atom is 0.389 e. The highest BCUT2D eigenvalue weighted by Gasteiger charge is 2.64. The first-order valence-electron chi connectivity index (χ1n) is 11.5. The van der Waals surface area contributed by atoms with E-state index < -0.39 is 29.9 Å². The van der Waals surface area contributed by atoms with Crippen molar-refractivity contribution in [2.45, 2.75) is 50.6 Å². The Balaban J connectivity index is 1.60.